The van der Waals surface area contributed by atoms with Crippen LogP contribution in [-0.4, -0.2) is 35.4 Å². The van der Waals surface area contributed by atoms with Crippen molar-refractivity contribution in [1.82, 2.24) is 10.9 Å². The highest BCUT2D eigenvalue weighted by atomic mass is 35.5. The first-order chi connectivity index (χ1) is 14.8. The molecule has 0 radical (unpaired) electrons. The largest absolute Gasteiger partial charge is 0.324 e. The molecule has 7 nitrogen and oxygen atoms in total. The van der Waals surface area contributed by atoms with E-state index in [1.54, 1.807) is 0 Å². The zero-order chi connectivity index (χ0) is 22.1. The van der Waals surface area contributed by atoms with Crippen LogP contribution < -0.4 is 21.1 Å². The number of fused-ring (bicyclic) bond motifs is 1. The van der Waals surface area contributed by atoms with Crippen molar-refractivity contribution in [2.75, 3.05) is 22.5 Å². The molecule has 2 aromatic rings. The number of hydrazine groups is 1. The van der Waals surface area contributed by atoms with E-state index < -0.39 is 35.4 Å². The molecule has 162 valence electrons. The summed E-state index contributed by atoms with van der Waals surface area (Å²) in [7, 11) is 0. The molecule has 2 amide bonds. The molecule has 2 aromatic carbocycles. The summed E-state index contributed by atoms with van der Waals surface area (Å²) in [4.78, 5) is 31.0. The number of hydrogen-bond donors (Lipinski definition) is 3. The molecule has 12 heteroatoms. The van der Waals surface area contributed by atoms with Gasteiger partial charge >= 0.3 is 0 Å². The number of thioether (sulfide) groups is 1. The minimum Gasteiger partial charge on any atom is -0.324 e. The van der Waals surface area contributed by atoms with Gasteiger partial charge in [-0.05, 0) is 30.3 Å². The van der Waals surface area contributed by atoms with Crippen LogP contribution in [0.3, 0.4) is 0 Å². The van der Waals surface area contributed by atoms with Crippen LogP contribution >= 0.6 is 23.4 Å². The number of halogens is 4. The molecular weight excluding hydrogens is 455 g/mol. The Morgan fingerprint density at radius 2 is 2.03 bits per heavy atom. The fourth-order valence-corrected chi connectivity index (χ4v) is 4.20. The van der Waals surface area contributed by atoms with Crippen molar-refractivity contribution >= 4 is 51.7 Å². The van der Waals surface area contributed by atoms with Crippen LogP contribution in [0.15, 0.2) is 41.4 Å². The summed E-state index contributed by atoms with van der Waals surface area (Å²) in [6.07, 6.45) is -0.550. The number of amidine groups is 1. The molecule has 2 aliphatic heterocycles. The predicted octanol–water partition coefficient (Wildman–Crippen LogP) is 2.88. The zero-order valence-electron chi connectivity index (χ0n) is 15.7. The van der Waals surface area contributed by atoms with Gasteiger partial charge in [-0.1, -0.05) is 23.4 Å². The first-order valence-corrected chi connectivity index (χ1v) is 10.4. The van der Waals surface area contributed by atoms with Gasteiger partial charge < -0.3 is 5.32 Å². The molecule has 0 bridgehead atoms. The summed E-state index contributed by atoms with van der Waals surface area (Å²) in [5, 5.41) is 2.74. The second-order valence-corrected chi connectivity index (χ2v) is 8.07. The van der Waals surface area contributed by atoms with Gasteiger partial charge in [0.25, 0.3) is 0 Å². The molecule has 2 atom stereocenters. The summed E-state index contributed by atoms with van der Waals surface area (Å²) in [6, 6.07) is 6.63. The van der Waals surface area contributed by atoms with Gasteiger partial charge in [-0.15, -0.1) is 0 Å². The minimum atomic E-state index is -1.11. The molecule has 31 heavy (non-hydrogen) atoms. The Kier molecular flexibility index (Phi) is 6.19. The Bertz CT molecular complexity index is 1090. The number of nitrogens with zero attached hydrogens (tertiary/aromatic N) is 2. The number of anilines is 2. The first kappa shape index (κ1) is 21.6. The topological polar surface area (TPSA) is 85.8 Å². The lowest BCUT2D eigenvalue weighted by atomic mass is 10.0. The number of carbonyl (C=O) groups excluding carboxylic acids is 2. The van der Waals surface area contributed by atoms with Crippen molar-refractivity contribution < 1.29 is 22.8 Å². The molecule has 1 fully saturated rings. The summed E-state index contributed by atoms with van der Waals surface area (Å²) in [5.74, 6) is -4.23. The van der Waals surface area contributed by atoms with Crippen LogP contribution in [-0.2, 0) is 9.59 Å². The van der Waals surface area contributed by atoms with Gasteiger partial charge in [-0.3, -0.25) is 19.9 Å². The van der Waals surface area contributed by atoms with Gasteiger partial charge in [0.05, 0.1) is 28.1 Å². The molecule has 0 aromatic heterocycles. The van der Waals surface area contributed by atoms with Crippen LogP contribution in [0.25, 0.3) is 0 Å². The number of benzene rings is 2. The molecule has 1 saturated heterocycles. The Morgan fingerprint density at radius 3 is 2.77 bits per heavy atom. The lowest BCUT2D eigenvalue weighted by molar-refractivity contribution is -0.121. The average molecular weight is 470 g/mol. The van der Waals surface area contributed by atoms with E-state index in [0.29, 0.717) is 6.54 Å². The highest BCUT2D eigenvalue weighted by molar-refractivity contribution is 8.14. The van der Waals surface area contributed by atoms with Crippen LogP contribution in [0.1, 0.15) is 0 Å². The lowest BCUT2D eigenvalue weighted by Crippen LogP contribution is -2.49. The number of rotatable bonds is 4. The van der Waals surface area contributed by atoms with Crippen molar-refractivity contribution in [2.24, 2.45) is 10.9 Å². The minimum absolute atomic E-state index is 0.0380. The van der Waals surface area contributed by atoms with Gasteiger partial charge in [0.1, 0.15) is 12.0 Å². The fraction of sp³-hybridized carbons (Fsp3) is 0.211. The summed E-state index contributed by atoms with van der Waals surface area (Å²) in [6.45, 7) is 0.314. The molecular formula is C19H15ClF3N5O2S. The SMILES string of the molecule is O=C(CSC1=NC2NNCC2C(=O)N1c1ccc(F)c(F)c1)Nc1ccc(F)cc1Cl. The molecule has 2 heterocycles. The van der Waals surface area contributed by atoms with E-state index in [9.17, 15) is 22.8 Å². The quantitative estimate of drug-likeness (QED) is 0.641. The Hall–Kier alpha value is -2.60. The third kappa shape index (κ3) is 4.54. The van der Waals surface area contributed by atoms with Crippen LogP contribution in [0, 0.1) is 23.4 Å². The van der Waals surface area contributed by atoms with E-state index >= 15 is 0 Å². The van der Waals surface area contributed by atoms with E-state index in [0.717, 1.165) is 36.0 Å². The van der Waals surface area contributed by atoms with Gasteiger partial charge in [-0.2, -0.15) is 0 Å². The van der Waals surface area contributed by atoms with Gasteiger partial charge in [-0.25, -0.2) is 23.6 Å². The predicted molar refractivity (Wildman–Crippen MR) is 112 cm³/mol. The zero-order valence-corrected chi connectivity index (χ0v) is 17.2. The summed E-state index contributed by atoms with van der Waals surface area (Å²) < 4.78 is 40.3. The highest BCUT2D eigenvalue weighted by Gasteiger charge is 2.42. The first-order valence-electron chi connectivity index (χ1n) is 9.06. The smallest absolute Gasteiger partial charge is 0.241 e. The molecule has 2 unspecified atom stereocenters. The Morgan fingerprint density at radius 1 is 1.23 bits per heavy atom. The maximum Gasteiger partial charge on any atom is 0.241 e. The number of amides is 2. The molecule has 2 aliphatic rings. The number of carbonyl (C=O) groups is 2. The van der Waals surface area contributed by atoms with Gasteiger partial charge in [0, 0.05) is 12.6 Å². The van der Waals surface area contributed by atoms with Crippen LogP contribution in [0.5, 0.6) is 0 Å². The van der Waals surface area contributed by atoms with Crippen LogP contribution in [0.4, 0.5) is 24.5 Å². The molecule has 0 saturated carbocycles. The second-order valence-electron chi connectivity index (χ2n) is 6.72. The van der Waals surface area contributed by atoms with Crippen LogP contribution in [0.2, 0.25) is 5.02 Å². The van der Waals surface area contributed by atoms with Crippen molar-refractivity contribution in [3.63, 3.8) is 0 Å². The monoisotopic (exact) mass is 469 g/mol. The van der Waals surface area contributed by atoms with Crippen molar-refractivity contribution in [3.05, 3.63) is 58.9 Å². The Labute approximate surface area is 184 Å². The van der Waals surface area contributed by atoms with Crippen molar-refractivity contribution in [3.8, 4) is 0 Å². The second kappa shape index (κ2) is 8.87. The molecule has 3 N–H and O–H groups in total. The molecule has 0 spiro atoms. The van der Waals surface area contributed by atoms with Crippen molar-refractivity contribution in [2.45, 2.75) is 6.17 Å². The lowest BCUT2D eigenvalue weighted by Gasteiger charge is -2.32. The number of hydrogen-bond acceptors (Lipinski definition) is 6. The van der Waals surface area contributed by atoms with E-state index in [4.69, 9.17) is 11.6 Å². The van der Waals surface area contributed by atoms with Gasteiger partial charge in [0.2, 0.25) is 11.8 Å². The third-order valence-corrected chi connectivity index (χ3v) is 5.90. The normalized spacial score (nSPS) is 20.5. The molecule has 0 aliphatic carbocycles. The standard InChI is InChI=1S/C19H15ClF3N5O2S/c20-12-5-9(21)1-4-15(12)25-16(29)8-31-19-26-17-11(7-24-27-17)18(30)28(19)10-2-3-13(22)14(23)6-10/h1-6,11,17,24,27H,7-8H2,(H,25,29). The maximum absolute atomic E-state index is 13.8. The summed E-state index contributed by atoms with van der Waals surface area (Å²) in [5.41, 5.74) is 6.04. The van der Waals surface area contributed by atoms with E-state index in [2.05, 4.69) is 21.2 Å². The molecule has 4 rings (SSSR count). The fourth-order valence-electron chi connectivity index (χ4n) is 3.14. The Balaban J connectivity index is 1.54. The highest BCUT2D eigenvalue weighted by Crippen LogP contribution is 2.30. The number of aliphatic imine (C=N–C) groups is 1. The maximum atomic E-state index is 13.8. The van der Waals surface area contributed by atoms with E-state index in [-0.39, 0.29) is 33.2 Å². The van der Waals surface area contributed by atoms with E-state index in [1.165, 1.54) is 17.0 Å². The van der Waals surface area contributed by atoms with Gasteiger partial charge in [0.15, 0.2) is 16.8 Å². The van der Waals surface area contributed by atoms with E-state index in [1.807, 2.05) is 0 Å². The number of nitrogens with one attached hydrogen (secondary N) is 3. The average Bonchev–Trinajstić information content (AvgIpc) is 3.20. The summed E-state index contributed by atoms with van der Waals surface area (Å²) >= 11 is 6.86. The third-order valence-electron chi connectivity index (χ3n) is 4.63. The van der Waals surface area contributed by atoms with Crippen molar-refractivity contribution in [1.29, 1.82) is 0 Å².